The molecule has 2 aromatic heterocycles. The van der Waals surface area contributed by atoms with Gasteiger partial charge in [-0.05, 0) is 36.4 Å². The largest absolute Gasteiger partial charge is 0.478 e. The molecule has 0 aliphatic rings. The van der Waals surface area contributed by atoms with Crippen molar-refractivity contribution in [1.82, 2.24) is 9.97 Å². The molecule has 8 heteroatoms. The van der Waals surface area contributed by atoms with E-state index < -0.39 is 11.9 Å². The van der Waals surface area contributed by atoms with E-state index in [0.29, 0.717) is 23.5 Å². The second kappa shape index (κ2) is 11.8. The summed E-state index contributed by atoms with van der Waals surface area (Å²) in [6.07, 6.45) is 1.12. The van der Waals surface area contributed by atoms with Crippen LogP contribution in [0.2, 0.25) is 0 Å². The fourth-order valence-corrected chi connectivity index (χ4v) is 2.40. The van der Waals surface area contributed by atoms with Crippen LogP contribution in [0.15, 0.2) is 84.9 Å². The molecule has 2 heterocycles. The van der Waals surface area contributed by atoms with Gasteiger partial charge in [0.05, 0.1) is 11.0 Å². The minimum absolute atomic E-state index is 0.466. The SMILES string of the molecule is N#Cc1ccc2ccccc2n1.N#Cc1ccc2ccccc2n1.O=C(O)/C=C/C(=O)O. The summed E-state index contributed by atoms with van der Waals surface area (Å²) in [5.74, 6) is -2.51. The van der Waals surface area contributed by atoms with E-state index in [4.69, 9.17) is 20.7 Å². The standard InChI is InChI=1S/2C10H6N2.C4H4O4/c2*11-7-9-6-5-8-3-1-2-4-10(8)12-9;5-3(6)1-2-4(7)8/h2*1-6H;1-2H,(H,5,6)(H,7,8)/b;;2-1+. The molecular weight excluding hydrogens is 408 g/mol. The lowest BCUT2D eigenvalue weighted by Gasteiger charge is -1.94. The normalized spacial score (nSPS) is 9.56. The second-order valence-electron chi connectivity index (χ2n) is 6.01. The molecule has 0 spiro atoms. The molecule has 0 radical (unpaired) electrons. The lowest BCUT2D eigenvalue weighted by molar-refractivity contribution is -0.134. The van der Waals surface area contributed by atoms with Crippen LogP contribution in [0.1, 0.15) is 11.4 Å². The van der Waals surface area contributed by atoms with Crippen molar-refractivity contribution in [2.75, 3.05) is 0 Å². The molecule has 2 N–H and O–H groups in total. The number of aromatic nitrogens is 2. The van der Waals surface area contributed by atoms with Crippen LogP contribution < -0.4 is 0 Å². The fraction of sp³-hybridized carbons (Fsp3) is 0. The zero-order chi connectivity index (χ0) is 23.3. The van der Waals surface area contributed by atoms with Gasteiger partial charge in [0.2, 0.25) is 0 Å². The van der Waals surface area contributed by atoms with Crippen molar-refractivity contribution in [3.8, 4) is 12.1 Å². The molecule has 0 saturated carbocycles. The third kappa shape index (κ3) is 7.39. The summed E-state index contributed by atoms with van der Waals surface area (Å²) >= 11 is 0. The average molecular weight is 424 g/mol. The van der Waals surface area contributed by atoms with Crippen molar-refractivity contribution >= 4 is 33.7 Å². The minimum atomic E-state index is -1.26. The predicted octanol–water partition coefficient (Wildman–Crippen LogP) is 3.92. The van der Waals surface area contributed by atoms with E-state index in [1.807, 2.05) is 72.8 Å². The number of rotatable bonds is 2. The Morgan fingerprint density at radius 1 is 0.656 bits per heavy atom. The number of nitriles is 2. The quantitative estimate of drug-likeness (QED) is 0.460. The summed E-state index contributed by atoms with van der Waals surface area (Å²) in [6.45, 7) is 0. The summed E-state index contributed by atoms with van der Waals surface area (Å²) in [5.41, 5.74) is 2.68. The van der Waals surface area contributed by atoms with Crippen LogP contribution in [0.3, 0.4) is 0 Å². The van der Waals surface area contributed by atoms with Gasteiger partial charge < -0.3 is 10.2 Å². The van der Waals surface area contributed by atoms with E-state index >= 15 is 0 Å². The Morgan fingerprint density at radius 2 is 1.03 bits per heavy atom. The molecule has 4 aromatic rings. The van der Waals surface area contributed by atoms with Crippen LogP contribution in [0.4, 0.5) is 0 Å². The van der Waals surface area contributed by atoms with Gasteiger partial charge in [0.25, 0.3) is 0 Å². The van der Waals surface area contributed by atoms with E-state index in [2.05, 4.69) is 9.97 Å². The number of pyridine rings is 2. The fourth-order valence-electron chi connectivity index (χ4n) is 2.40. The maximum atomic E-state index is 9.55. The Morgan fingerprint density at radius 3 is 1.38 bits per heavy atom. The van der Waals surface area contributed by atoms with Crippen molar-refractivity contribution in [2.45, 2.75) is 0 Å². The van der Waals surface area contributed by atoms with Crippen LogP contribution in [0.25, 0.3) is 21.8 Å². The van der Waals surface area contributed by atoms with E-state index in [-0.39, 0.29) is 0 Å². The first-order valence-corrected chi connectivity index (χ1v) is 9.08. The molecule has 4 rings (SSSR count). The van der Waals surface area contributed by atoms with Gasteiger partial charge in [-0.1, -0.05) is 36.4 Å². The Balaban J connectivity index is 0.000000175. The Labute approximate surface area is 182 Å². The summed E-state index contributed by atoms with van der Waals surface area (Å²) < 4.78 is 0. The van der Waals surface area contributed by atoms with Crippen molar-refractivity contribution in [1.29, 1.82) is 10.5 Å². The van der Waals surface area contributed by atoms with Gasteiger partial charge >= 0.3 is 11.9 Å². The number of aliphatic carboxylic acids is 2. The summed E-state index contributed by atoms with van der Waals surface area (Å²) in [7, 11) is 0. The van der Waals surface area contributed by atoms with Crippen LogP contribution in [-0.4, -0.2) is 32.1 Å². The molecule has 0 aliphatic heterocycles. The smallest absolute Gasteiger partial charge is 0.328 e. The number of carbonyl (C=O) groups is 2. The van der Waals surface area contributed by atoms with Gasteiger partial charge in [0.1, 0.15) is 23.5 Å². The maximum Gasteiger partial charge on any atom is 0.328 e. The van der Waals surface area contributed by atoms with Gasteiger partial charge in [0.15, 0.2) is 0 Å². The van der Waals surface area contributed by atoms with E-state index in [9.17, 15) is 9.59 Å². The maximum absolute atomic E-state index is 9.55. The van der Waals surface area contributed by atoms with E-state index in [1.165, 1.54) is 0 Å². The first-order valence-electron chi connectivity index (χ1n) is 9.08. The molecule has 2 aromatic carbocycles. The molecule has 0 amide bonds. The van der Waals surface area contributed by atoms with Crippen LogP contribution in [-0.2, 0) is 9.59 Å². The highest BCUT2D eigenvalue weighted by atomic mass is 16.4. The van der Waals surface area contributed by atoms with Gasteiger partial charge in [-0.2, -0.15) is 10.5 Å². The summed E-state index contributed by atoms with van der Waals surface area (Å²) in [4.78, 5) is 27.4. The topological polar surface area (TPSA) is 148 Å². The molecule has 0 fully saturated rings. The number of hydrogen-bond donors (Lipinski definition) is 2. The van der Waals surface area contributed by atoms with E-state index in [0.717, 1.165) is 21.8 Å². The molecule has 0 aliphatic carbocycles. The molecule has 0 bridgehead atoms. The third-order valence-electron chi connectivity index (χ3n) is 3.79. The number of fused-ring (bicyclic) bond motifs is 2. The zero-order valence-electron chi connectivity index (χ0n) is 16.6. The molecule has 0 atom stereocenters. The van der Waals surface area contributed by atoms with Crippen molar-refractivity contribution in [3.05, 3.63) is 96.3 Å². The Kier molecular flexibility index (Phi) is 8.56. The number of hydrogen-bond acceptors (Lipinski definition) is 6. The van der Waals surface area contributed by atoms with Crippen molar-refractivity contribution in [2.24, 2.45) is 0 Å². The number of benzene rings is 2. The average Bonchev–Trinajstić information content (AvgIpc) is 2.83. The van der Waals surface area contributed by atoms with Gasteiger partial charge in [-0.15, -0.1) is 0 Å². The number of carboxylic acids is 2. The van der Waals surface area contributed by atoms with Crippen LogP contribution >= 0.6 is 0 Å². The second-order valence-corrected chi connectivity index (χ2v) is 6.01. The molecule has 32 heavy (non-hydrogen) atoms. The highest BCUT2D eigenvalue weighted by molar-refractivity contribution is 5.89. The highest BCUT2D eigenvalue weighted by Gasteiger charge is 1.95. The molecule has 0 saturated heterocycles. The van der Waals surface area contributed by atoms with Gasteiger partial charge in [0, 0.05) is 22.9 Å². The molecule has 0 unspecified atom stereocenters. The third-order valence-corrected chi connectivity index (χ3v) is 3.79. The zero-order valence-corrected chi connectivity index (χ0v) is 16.6. The highest BCUT2D eigenvalue weighted by Crippen LogP contribution is 2.11. The Hall–Kier alpha value is -5.08. The number of para-hydroxylation sites is 2. The molecule has 156 valence electrons. The summed E-state index contributed by atoms with van der Waals surface area (Å²) in [5, 5.41) is 34.9. The monoisotopic (exact) mass is 424 g/mol. The van der Waals surface area contributed by atoms with Gasteiger partial charge in [-0.25, -0.2) is 19.6 Å². The molecular formula is C24H16N4O4. The minimum Gasteiger partial charge on any atom is -0.478 e. The van der Waals surface area contributed by atoms with Crippen LogP contribution in [0.5, 0.6) is 0 Å². The predicted molar refractivity (Wildman–Crippen MR) is 117 cm³/mol. The first-order chi connectivity index (χ1) is 15.4. The summed E-state index contributed by atoms with van der Waals surface area (Å²) in [6, 6.07) is 26.8. The lowest BCUT2D eigenvalue weighted by atomic mass is 10.2. The van der Waals surface area contributed by atoms with Crippen molar-refractivity contribution in [3.63, 3.8) is 0 Å². The first kappa shape index (κ1) is 23.2. The lowest BCUT2D eigenvalue weighted by Crippen LogP contribution is -1.91. The van der Waals surface area contributed by atoms with Crippen LogP contribution in [0, 0.1) is 22.7 Å². The number of carboxylic acid groups (broad SMARTS) is 2. The molecule has 8 nitrogen and oxygen atoms in total. The van der Waals surface area contributed by atoms with Gasteiger partial charge in [-0.3, -0.25) is 0 Å². The Bertz CT molecular complexity index is 1260. The van der Waals surface area contributed by atoms with Crippen molar-refractivity contribution < 1.29 is 19.8 Å². The van der Waals surface area contributed by atoms with E-state index in [1.54, 1.807) is 12.1 Å². The number of nitrogens with zero attached hydrogens (tertiary/aromatic N) is 4.